The lowest BCUT2D eigenvalue weighted by atomic mass is 10.1. The monoisotopic (exact) mass is 440 g/mol. The molecule has 3 aromatic carbocycles. The molecule has 0 atom stereocenters. The van der Waals surface area contributed by atoms with Gasteiger partial charge < -0.3 is 14.4 Å². The van der Waals surface area contributed by atoms with Crippen LogP contribution in [0, 0.1) is 0 Å². The second-order valence-corrected chi connectivity index (χ2v) is 7.84. The Kier molecular flexibility index (Phi) is 8.05. The van der Waals surface area contributed by atoms with Crippen molar-refractivity contribution in [2.24, 2.45) is 4.99 Å². The van der Waals surface area contributed by atoms with Gasteiger partial charge in [-0.15, -0.1) is 0 Å². The predicted octanol–water partition coefficient (Wildman–Crippen LogP) is 6.41. The van der Waals surface area contributed by atoms with Crippen LogP contribution < -0.4 is 9.47 Å². The molecule has 0 heterocycles. The molecular weight excluding hydrogens is 416 g/mol. The van der Waals surface area contributed by atoms with Gasteiger partial charge in [-0.2, -0.15) is 0 Å². The van der Waals surface area contributed by atoms with Crippen LogP contribution in [0.2, 0.25) is 5.02 Å². The normalized spacial score (nSPS) is 11.3. The molecule has 0 unspecified atom stereocenters. The summed E-state index contributed by atoms with van der Waals surface area (Å²) in [6.45, 7) is 1.45. The molecule has 0 saturated heterocycles. The highest BCUT2D eigenvalue weighted by Gasteiger charge is 2.13. The number of methoxy groups -OCH3 is 2. The Bertz CT molecular complexity index is 909. The summed E-state index contributed by atoms with van der Waals surface area (Å²) in [7, 11) is 3.35. The molecule has 0 aliphatic rings. The van der Waals surface area contributed by atoms with Crippen molar-refractivity contribution in [3.63, 3.8) is 0 Å². The fraction of sp³-hybridized carbons (Fsp3) is 0.208. The van der Waals surface area contributed by atoms with Crippen molar-refractivity contribution in [2.45, 2.75) is 13.1 Å². The van der Waals surface area contributed by atoms with Crippen molar-refractivity contribution in [1.82, 2.24) is 4.90 Å². The van der Waals surface area contributed by atoms with Gasteiger partial charge in [0.05, 0.1) is 19.9 Å². The van der Waals surface area contributed by atoms with E-state index in [9.17, 15) is 0 Å². The van der Waals surface area contributed by atoms with Crippen molar-refractivity contribution in [3.8, 4) is 11.5 Å². The zero-order valence-corrected chi connectivity index (χ0v) is 18.9. The van der Waals surface area contributed by atoms with Gasteiger partial charge in [-0.05, 0) is 65.9 Å². The summed E-state index contributed by atoms with van der Waals surface area (Å²) in [6.07, 6.45) is 2.05. The van der Waals surface area contributed by atoms with Gasteiger partial charge in [0.15, 0.2) is 5.17 Å². The molecule has 4 nitrogen and oxygen atoms in total. The molecule has 0 aromatic heterocycles. The molecule has 0 saturated carbocycles. The number of benzene rings is 3. The molecule has 0 radical (unpaired) electrons. The van der Waals surface area contributed by atoms with E-state index >= 15 is 0 Å². The van der Waals surface area contributed by atoms with Gasteiger partial charge in [-0.3, -0.25) is 0 Å². The maximum Gasteiger partial charge on any atom is 0.164 e. The maximum absolute atomic E-state index is 6.02. The van der Waals surface area contributed by atoms with Crippen LogP contribution in [-0.2, 0) is 13.1 Å². The number of halogens is 1. The quantitative estimate of drug-likeness (QED) is 0.314. The summed E-state index contributed by atoms with van der Waals surface area (Å²) < 4.78 is 10.6. The summed E-state index contributed by atoms with van der Waals surface area (Å²) in [4.78, 5) is 7.14. The van der Waals surface area contributed by atoms with Crippen LogP contribution in [-0.4, -0.2) is 30.5 Å². The highest BCUT2D eigenvalue weighted by Crippen LogP contribution is 2.23. The van der Waals surface area contributed by atoms with Crippen molar-refractivity contribution >= 4 is 34.2 Å². The Hall–Kier alpha value is -2.63. The molecule has 156 valence electrons. The van der Waals surface area contributed by atoms with Gasteiger partial charge in [0, 0.05) is 18.1 Å². The molecule has 6 heteroatoms. The van der Waals surface area contributed by atoms with Crippen LogP contribution in [0.5, 0.6) is 11.5 Å². The van der Waals surface area contributed by atoms with Gasteiger partial charge in [0.25, 0.3) is 0 Å². The molecular formula is C24H25ClN2O2S. The predicted molar refractivity (Wildman–Crippen MR) is 127 cm³/mol. The van der Waals surface area contributed by atoms with Crippen LogP contribution in [0.1, 0.15) is 11.1 Å². The third kappa shape index (κ3) is 6.18. The minimum absolute atomic E-state index is 0.702. The number of hydrogen-bond donors (Lipinski definition) is 0. The van der Waals surface area contributed by atoms with Gasteiger partial charge in [0.2, 0.25) is 0 Å². The minimum Gasteiger partial charge on any atom is -0.497 e. The van der Waals surface area contributed by atoms with Crippen LogP contribution in [0.15, 0.2) is 77.8 Å². The van der Waals surface area contributed by atoms with Crippen LogP contribution in [0.25, 0.3) is 0 Å². The molecule has 3 rings (SSSR count). The van der Waals surface area contributed by atoms with E-state index in [0.29, 0.717) is 5.02 Å². The van der Waals surface area contributed by atoms with Crippen molar-refractivity contribution < 1.29 is 9.47 Å². The number of amidine groups is 1. The average Bonchev–Trinajstić information content (AvgIpc) is 2.79. The van der Waals surface area contributed by atoms with Crippen molar-refractivity contribution in [3.05, 3.63) is 88.9 Å². The van der Waals surface area contributed by atoms with E-state index < -0.39 is 0 Å². The van der Waals surface area contributed by atoms with E-state index in [2.05, 4.69) is 29.2 Å². The highest BCUT2D eigenvalue weighted by atomic mass is 35.5. The van der Waals surface area contributed by atoms with Gasteiger partial charge in [0.1, 0.15) is 11.5 Å². The summed E-state index contributed by atoms with van der Waals surface area (Å²) in [5, 5.41) is 1.64. The average molecular weight is 441 g/mol. The lowest BCUT2D eigenvalue weighted by Crippen LogP contribution is -2.27. The molecule has 0 amide bonds. The number of aliphatic imine (C=N–C) groups is 1. The first-order valence-corrected chi connectivity index (χ1v) is 11.1. The topological polar surface area (TPSA) is 34.1 Å². The number of hydrogen-bond acceptors (Lipinski definition) is 4. The molecule has 0 aliphatic carbocycles. The van der Waals surface area contributed by atoms with Crippen LogP contribution in [0.4, 0.5) is 5.69 Å². The second-order valence-electron chi connectivity index (χ2n) is 6.63. The van der Waals surface area contributed by atoms with E-state index in [4.69, 9.17) is 26.1 Å². The number of rotatable bonds is 7. The van der Waals surface area contributed by atoms with Crippen LogP contribution >= 0.6 is 23.4 Å². The summed E-state index contributed by atoms with van der Waals surface area (Å²) in [5.41, 5.74) is 3.24. The summed E-state index contributed by atoms with van der Waals surface area (Å²) in [5.74, 6) is 1.70. The third-order valence-corrected chi connectivity index (χ3v) is 5.54. The Balaban J connectivity index is 1.89. The Morgan fingerprint density at radius 2 is 1.27 bits per heavy atom. The third-order valence-electron chi connectivity index (χ3n) is 4.57. The Morgan fingerprint density at radius 3 is 1.67 bits per heavy atom. The first kappa shape index (κ1) is 22.1. The number of ether oxygens (including phenoxy) is 2. The Labute approximate surface area is 187 Å². The number of thioether (sulfide) groups is 1. The fourth-order valence-electron chi connectivity index (χ4n) is 2.97. The van der Waals surface area contributed by atoms with E-state index in [0.717, 1.165) is 35.4 Å². The van der Waals surface area contributed by atoms with E-state index in [1.807, 2.05) is 54.8 Å². The van der Waals surface area contributed by atoms with Crippen LogP contribution in [0.3, 0.4) is 0 Å². The first-order valence-electron chi connectivity index (χ1n) is 9.50. The lowest BCUT2D eigenvalue weighted by Gasteiger charge is -2.25. The van der Waals surface area contributed by atoms with Gasteiger partial charge >= 0.3 is 0 Å². The summed E-state index contributed by atoms with van der Waals surface area (Å²) >= 11 is 7.65. The van der Waals surface area contributed by atoms with E-state index in [-0.39, 0.29) is 0 Å². The largest absolute Gasteiger partial charge is 0.497 e. The number of nitrogens with zero attached hydrogens (tertiary/aromatic N) is 2. The van der Waals surface area contributed by atoms with Gasteiger partial charge in [-0.25, -0.2) is 4.99 Å². The van der Waals surface area contributed by atoms with Crippen molar-refractivity contribution in [2.75, 3.05) is 20.5 Å². The molecule has 0 bridgehead atoms. The van der Waals surface area contributed by atoms with E-state index in [1.165, 1.54) is 11.1 Å². The first-order chi connectivity index (χ1) is 14.6. The maximum atomic E-state index is 6.02. The zero-order chi connectivity index (χ0) is 21.3. The Morgan fingerprint density at radius 1 is 0.800 bits per heavy atom. The molecule has 3 aromatic rings. The van der Waals surface area contributed by atoms with Gasteiger partial charge in [-0.1, -0.05) is 47.6 Å². The standard InChI is InChI=1S/C24H25ClN2O2S/c1-28-22-12-4-18(5-13-22)16-27(17-19-6-14-23(29-2)15-7-19)24(30-3)26-21-10-8-20(25)9-11-21/h4-15H,16-17H2,1-3H3. The van der Waals surface area contributed by atoms with E-state index in [1.54, 1.807) is 26.0 Å². The molecule has 30 heavy (non-hydrogen) atoms. The lowest BCUT2D eigenvalue weighted by molar-refractivity contribution is 0.405. The molecule has 0 fully saturated rings. The SMILES string of the molecule is COc1ccc(CN(Cc2ccc(OC)cc2)C(=Nc2ccc(Cl)cc2)SC)cc1. The summed E-state index contributed by atoms with van der Waals surface area (Å²) in [6, 6.07) is 23.8. The second kappa shape index (κ2) is 11.0. The van der Waals surface area contributed by atoms with Crippen molar-refractivity contribution in [1.29, 1.82) is 0 Å². The molecule has 0 spiro atoms. The molecule has 0 N–H and O–H groups in total. The fourth-order valence-corrected chi connectivity index (χ4v) is 3.68. The zero-order valence-electron chi connectivity index (χ0n) is 17.3. The highest BCUT2D eigenvalue weighted by molar-refractivity contribution is 8.13. The smallest absolute Gasteiger partial charge is 0.164 e. The minimum atomic E-state index is 0.702. The molecule has 0 aliphatic heterocycles.